The fourth-order valence-electron chi connectivity index (χ4n) is 1.57. The first kappa shape index (κ1) is 11.5. The second-order valence-electron chi connectivity index (χ2n) is 4.17. The van der Waals surface area contributed by atoms with Gasteiger partial charge in [-0.25, -0.2) is 0 Å². The maximum atomic E-state index is 11.7. The molecule has 1 fully saturated rings. The number of rotatable bonds is 3. The standard InChI is InChI=1S/C10H20N2O2/c1-8(2)5-10(13)12-3-4-14-9(6-11)7-12/h8-9H,3-7,11H2,1-2H3. The molecule has 0 radical (unpaired) electrons. The number of morpholine rings is 1. The molecule has 1 aliphatic heterocycles. The third-order valence-corrected chi connectivity index (χ3v) is 2.34. The van der Waals surface area contributed by atoms with Gasteiger partial charge in [-0.2, -0.15) is 0 Å². The summed E-state index contributed by atoms with van der Waals surface area (Å²) in [4.78, 5) is 13.6. The minimum atomic E-state index is 0.0277. The van der Waals surface area contributed by atoms with Gasteiger partial charge in [0.1, 0.15) is 0 Å². The van der Waals surface area contributed by atoms with E-state index in [9.17, 15) is 4.79 Å². The molecule has 2 N–H and O–H groups in total. The van der Waals surface area contributed by atoms with E-state index < -0.39 is 0 Å². The lowest BCUT2D eigenvalue weighted by molar-refractivity contribution is -0.139. The lowest BCUT2D eigenvalue weighted by Crippen LogP contribution is -2.48. The van der Waals surface area contributed by atoms with E-state index in [1.165, 1.54) is 0 Å². The van der Waals surface area contributed by atoms with E-state index in [2.05, 4.69) is 13.8 Å². The summed E-state index contributed by atoms with van der Waals surface area (Å²) in [7, 11) is 0. The van der Waals surface area contributed by atoms with Gasteiger partial charge in [-0.3, -0.25) is 4.79 Å². The first-order valence-corrected chi connectivity index (χ1v) is 5.23. The normalized spacial score (nSPS) is 22.9. The minimum absolute atomic E-state index is 0.0277. The number of hydrogen-bond acceptors (Lipinski definition) is 3. The van der Waals surface area contributed by atoms with Crippen LogP contribution in [-0.4, -0.2) is 43.2 Å². The summed E-state index contributed by atoms with van der Waals surface area (Å²) in [5.74, 6) is 0.642. The molecule has 4 nitrogen and oxygen atoms in total. The molecule has 1 aliphatic rings. The molecule has 0 saturated carbocycles. The Kier molecular flexibility index (Phi) is 4.35. The maximum Gasteiger partial charge on any atom is 0.222 e. The molecule has 1 saturated heterocycles. The number of amides is 1. The first-order valence-electron chi connectivity index (χ1n) is 5.23. The van der Waals surface area contributed by atoms with Gasteiger partial charge in [0.15, 0.2) is 0 Å². The number of nitrogens with two attached hydrogens (primary N) is 1. The molecule has 82 valence electrons. The third-order valence-electron chi connectivity index (χ3n) is 2.34. The van der Waals surface area contributed by atoms with Gasteiger partial charge >= 0.3 is 0 Å². The minimum Gasteiger partial charge on any atom is -0.373 e. The van der Waals surface area contributed by atoms with Crippen molar-refractivity contribution in [3.63, 3.8) is 0 Å². The van der Waals surface area contributed by atoms with Gasteiger partial charge in [-0.15, -0.1) is 0 Å². The number of carbonyl (C=O) groups is 1. The monoisotopic (exact) mass is 200 g/mol. The molecule has 1 unspecified atom stereocenters. The zero-order valence-electron chi connectivity index (χ0n) is 9.03. The molecular formula is C10H20N2O2. The highest BCUT2D eigenvalue weighted by atomic mass is 16.5. The molecule has 0 spiro atoms. The van der Waals surface area contributed by atoms with E-state index in [0.717, 1.165) is 0 Å². The quantitative estimate of drug-likeness (QED) is 0.709. The summed E-state index contributed by atoms with van der Waals surface area (Å²) in [6.45, 7) is 6.58. The fourth-order valence-corrected chi connectivity index (χ4v) is 1.57. The van der Waals surface area contributed by atoms with Gasteiger partial charge in [0.25, 0.3) is 0 Å². The Hall–Kier alpha value is -0.610. The summed E-state index contributed by atoms with van der Waals surface area (Å²) in [5.41, 5.74) is 5.50. The largest absolute Gasteiger partial charge is 0.373 e. The van der Waals surface area contributed by atoms with Crippen molar-refractivity contribution in [2.45, 2.75) is 26.4 Å². The molecule has 0 aromatic rings. The maximum absolute atomic E-state index is 11.7. The Morgan fingerprint density at radius 3 is 2.93 bits per heavy atom. The van der Waals surface area contributed by atoms with Gasteiger partial charge in [0.2, 0.25) is 5.91 Å². The van der Waals surface area contributed by atoms with E-state index in [1.807, 2.05) is 4.90 Å². The van der Waals surface area contributed by atoms with Crippen molar-refractivity contribution in [3.8, 4) is 0 Å². The Balaban J connectivity index is 2.39. The topological polar surface area (TPSA) is 55.6 Å². The highest BCUT2D eigenvalue weighted by Crippen LogP contribution is 2.09. The zero-order valence-corrected chi connectivity index (χ0v) is 9.03. The van der Waals surface area contributed by atoms with Crippen molar-refractivity contribution >= 4 is 5.91 Å². The summed E-state index contributed by atoms with van der Waals surface area (Å²) in [5, 5.41) is 0. The predicted octanol–water partition coefficient (Wildman–Crippen LogP) is 0.219. The predicted molar refractivity (Wildman–Crippen MR) is 54.8 cm³/mol. The van der Waals surface area contributed by atoms with Gasteiger partial charge in [-0.1, -0.05) is 13.8 Å². The average molecular weight is 200 g/mol. The number of hydrogen-bond donors (Lipinski definition) is 1. The van der Waals surface area contributed by atoms with E-state index in [-0.39, 0.29) is 12.0 Å². The van der Waals surface area contributed by atoms with E-state index in [0.29, 0.717) is 38.6 Å². The zero-order chi connectivity index (χ0) is 10.6. The van der Waals surface area contributed by atoms with Crippen molar-refractivity contribution in [3.05, 3.63) is 0 Å². The molecular weight excluding hydrogens is 180 g/mol. The SMILES string of the molecule is CC(C)CC(=O)N1CCOC(CN)C1. The lowest BCUT2D eigenvalue weighted by Gasteiger charge is -2.32. The molecule has 4 heteroatoms. The van der Waals surface area contributed by atoms with Gasteiger partial charge in [-0.05, 0) is 5.92 Å². The number of nitrogens with zero attached hydrogens (tertiary/aromatic N) is 1. The summed E-state index contributed by atoms with van der Waals surface area (Å²) >= 11 is 0. The molecule has 1 heterocycles. The van der Waals surface area contributed by atoms with Crippen LogP contribution in [0.4, 0.5) is 0 Å². The van der Waals surface area contributed by atoms with Crippen LogP contribution in [0.3, 0.4) is 0 Å². The molecule has 0 aliphatic carbocycles. The smallest absolute Gasteiger partial charge is 0.222 e. The molecule has 1 atom stereocenters. The van der Waals surface area contributed by atoms with Crippen molar-refractivity contribution in [1.82, 2.24) is 4.90 Å². The molecule has 1 amide bonds. The van der Waals surface area contributed by atoms with E-state index in [4.69, 9.17) is 10.5 Å². The van der Waals surface area contributed by atoms with E-state index in [1.54, 1.807) is 0 Å². The summed E-state index contributed by atoms with van der Waals surface area (Å²) in [6.07, 6.45) is 0.650. The van der Waals surface area contributed by atoms with Crippen LogP contribution in [-0.2, 0) is 9.53 Å². The van der Waals surface area contributed by atoms with Crippen LogP contribution in [0.5, 0.6) is 0 Å². The van der Waals surface area contributed by atoms with Crippen molar-refractivity contribution in [1.29, 1.82) is 0 Å². The highest BCUT2D eigenvalue weighted by molar-refractivity contribution is 5.76. The second-order valence-corrected chi connectivity index (χ2v) is 4.17. The Morgan fingerprint density at radius 1 is 1.64 bits per heavy atom. The molecule has 0 aromatic carbocycles. The van der Waals surface area contributed by atoms with Gasteiger partial charge in [0, 0.05) is 26.1 Å². The molecule has 0 bridgehead atoms. The molecule has 1 rings (SSSR count). The van der Waals surface area contributed by atoms with Crippen LogP contribution in [0.2, 0.25) is 0 Å². The Morgan fingerprint density at radius 2 is 2.36 bits per heavy atom. The van der Waals surface area contributed by atoms with Crippen molar-refractivity contribution in [2.24, 2.45) is 11.7 Å². The molecule has 0 aromatic heterocycles. The van der Waals surface area contributed by atoms with Crippen LogP contribution < -0.4 is 5.73 Å². The first-order chi connectivity index (χ1) is 6.63. The summed E-state index contributed by atoms with van der Waals surface area (Å²) in [6, 6.07) is 0. The van der Waals surface area contributed by atoms with Crippen LogP contribution >= 0.6 is 0 Å². The van der Waals surface area contributed by atoms with Crippen molar-refractivity contribution < 1.29 is 9.53 Å². The third kappa shape index (κ3) is 3.27. The number of carbonyl (C=O) groups excluding carboxylic acids is 1. The average Bonchev–Trinajstić information content (AvgIpc) is 2.17. The van der Waals surface area contributed by atoms with Gasteiger partial charge in [0.05, 0.1) is 12.7 Å². The lowest BCUT2D eigenvalue weighted by atomic mass is 10.1. The Labute approximate surface area is 85.4 Å². The van der Waals surface area contributed by atoms with Gasteiger partial charge < -0.3 is 15.4 Å². The van der Waals surface area contributed by atoms with Crippen LogP contribution in [0.1, 0.15) is 20.3 Å². The number of ether oxygens (including phenoxy) is 1. The van der Waals surface area contributed by atoms with Crippen LogP contribution in [0.15, 0.2) is 0 Å². The van der Waals surface area contributed by atoms with Crippen molar-refractivity contribution in [2.75, 3.05) is 26.2 Å². The van der Waals surface area contributed by atoms with E-state index >= 15 is 0 Å². The van der Waals surface area contributed by atoms with Crippen LogP contribution in [0.25, 0.3) is 0 Å². The van der Waals surface area contributed by atoms with Crippen LogP contribution in [0, 0.1) is 5.92 Å². The highest BCUT2D eigenvalue weighted by Gasteiger charge is 2.23. The summed E-state index contributed by atoms with van der Waals surface area (Å²) < 4.78 is 5.39. The second kappa shape index (κ2) is 5.32. The Bertz CT molecular complexity index is 195. The fraction of sp³-hybridized carbons (Fsp3) is 0.900. The molecule has 14 heavy (non-hydrogen) atoms.